The second kappa shape index (κ2) is 8.00. The van der Waals surface area contributed by atoms with Crippen LogP contribution in [0, 0.1) is 5.92 Å². The monoisotopic (exact) mass is 441 g/mol. The van der Waals surface area contributed by atoms with Crippen molar-refractivity contribution in [2.45, 2.75) is 64.3 Å². The fraction of sp³-hybridized carbons (Fsp3) is 0.722. The number of nitrogens with zero attached hydrogens (tertiary/aromatic N) is 3. The quantitative estimate of drug-likeness (QED) is 0.540. The van der Waals surface area contributed by atoms with Gasteiger partial charge in [-0.05, 0) is 22.7 Å². The maximum absolute atomic E-state index is 12.1. The van der Waals surface area contributed by atoms with Crippen molar-refractivity contribution in [3.05, 3.63) is 23.0 Å². The van der Waals surface area contributed by atoms with E-state index in [0.717, 1.165) is 0 Å². The molecule has 1 unspecified atom stereocenters. The Morgan fingerprint density at radius 2 is 2.03 bits per heavy atom. The van der Waals surface area contributed by atoms with Crippen LogP contribution in [0.4, 0.5) is 0 Å². The molecule has 3 heterocycles. The molecule has 0 amide bonds. The predicted molar refractivity (Wildman–Crippen MR) is 113 cm³/mol. The summed E-state index contributed by atoms with van der Waals surface area (Å²) in [6.07, 6.45) is 1.83. The summed E-state index contributed by atoms with van der Waals surface area (Å²) in [5, 5.41) is 0.0189. The lowest BCUT2D eigenvalue weighted by Crippen LogP contribution is -2.46. The molecule has 1 N–H and O–H groups in total. The zero-order valence-corrected chi connectivity index (χ0v) is 19.9. The predicted octanol–water partition coefficient (Wildman–Crippen LogP) is 3.43. The van der Waals surface area contributed by atoms with Gasteiger partial charge in [-0.3, -0.25) is 9.36 Å². The Morgan fingerprint density at radius 3 is 2.66 bits per heavy atom. The Morgan fingerprint density at radius 1 is 1.34 bits per heavy atom. The second-order valence-electron chi connectivity index (χ2n) is 9.06. The smallest absolute Gasteiger partial charge is 0.409 e. The number of rotatable bonds is 6. The molecule has 0 aliphatic carbocycles. The van der Waals surface area contributed by atoms with Crippen molar-refractivity contribution >= 4 is 27.5 Å². The molecule has 1 fully saturated rings. The molecule has 0 radical (unpaired) electrons. The zero-order chi connectivity index (χ0) is 21.6. The molecule has 2 aromatic rings. The highest BCUT2D eigenvalue weighted by molar-refractivity contribution is 7.38. The third-order valence-electron chi connectivity index (χ3n) is 6.00. The van der Waals surface area contributed by atoms with Crippen molar-refractivity contribution < 1.29 is 18.3 Å². The number of aromatic amines is 1. The van der Waals surface area contributed by atoms with Crippen LogP contribution < -0.4 is 5.56 Å². The van der Waals surface area contributed by atoms with Gasteiger partial charge in [-0.15, -0.1) is 4.52 Å². The van der Waals surface area contributed by atoms with Crippen molar-refractivity contribution in [1.82, 2.24) is 19.5 Å². The molecule has 5 atom stereocenters. The summed E-state index contributed by atoms with van der Waals surface area (Å²) in [4.78, 5) is 23.1. The van der Waals surface area contributed by atoms with Gasteiger partial charge in [0.1, 0.15) is 6.61 Å². The molecule has 0 saturated carbocycles. The lowest BCUT2D eigenvalue weighted by Gasteiger charge is -2.40. The molecule has 160 valence electrons. The van der Waals surface area contributed by atoms with Crippen LogP contribution in [0.3, 0.4) is 0 Å². The molecule has 1 aliphatic heterocycles. The first-order valence-electron chi connectivity index (χ1n) is 9.69. The maximum atomic E-state index is 12.1. The van der Waals surface area contributed by atoms with Gasteiger partial charge in [-0.25, -0.2) is 9.97 Å². The first-order valence-corrected chi connectivity index (χ1v) is 14.2. The number of fused-ring (bicyclic) bond motifs is 1. The van der Waals surface area contributed by atoms with Gasteiger partial charge in [0.15, 0.2) is 32.4 Å². The Bertz CT molecular complexity index is 954. The summed E-state index contributed by atoms with van der Waals surface area (Å²) in [5.41, 5.74) is 0.397. The molecule has 11 heteroatoms. The van der Waals surface area contributed by atoms with Gasteiger partial charge >= 0.3 is 8.03 Å². The molecular formula is C18H30N4O5PSi+. The molecule has 2 aromatic heterocycles. The standard InChI is InChI=1S/C18H29N4O5PSi/c1-11-12(8-25-28(5)24)26-17(14(11)27-29(6,7)18(2,3)4)22-10-21-13-15(22)19-9-20-16(13)23/h9-12,14,17H,8H2,1-7H3/p+1/t11-,12-,14-,17-/m1/s1. The minimum Gasteiger partial charge on any atom is -0.409 e. The number of imidazole rings is 1. The first-order chi connectivity index (χ1) is 13.4. The summed E-state index contributed by atoms with van der Waals surface area (Å²) in [6.45, 7) is 14.7. The van der Waals surface area contributed by atoms with E-state index in [1.54, 1.807) is 10.9 Å². The third kappa shape index (κ3) is 4.36. The topological polar surface area (TPSA) is 108 Å². The van der Waals surface area contributed by atoms with Crippen LogP contribution in [-0.4, -0.2) is 53.3 Å². The average Bonchev–Trinajstić information content (AvgIpc) is 3.15. The molecule has 3 rings (SSSR count). The Kier molecular flexibility index (Phi) is 6.13. The Hall–Kier alpha value is -1.45. The second-order valence-corrected chi connectivity index (χ2v) is 15.0. The molecule has 29 heavy (non-hydrogen) atoms. The Labute approximate surface area is 172 Å². The molecule has 1 aliphatic rings. The Balaban J connectivity index is 1.99. The van der Waals surface area contributed by atoms with Crippen molar-refractivity contribution in [2.75, 3.05) is 13.3 Å². The summed E-state index contributed by atoms with van der Waals surface area (Å²) in [6, 6.07) is 0. The van der Waals surface area contributed by atoms with Crippen molar-refractivity contribution in [1.29, 1.82) is 0 Å². The van der Waals surface area contributed by atoms with Crippen LogP contribution in [0.5, 0.6) is 0 Å². The highest BCUT2D eigenvalue weighted by atomic mass is 31.1. The molecule has 9 nitrogen and oxygen atoms in total. The average molecular weight is 442 g/mol. The molecular weight excluding hydrogens is 411 g/mol. The molecule has 0 aromatic carbocycles. The number of ether oxygens (including phenoxy) is 1. The van der Waals surface area contributed by atoms with Crippen LogP contribution >= 0.6 is 8.03 Å². The van der Waals surface area contributed by atoms with Crippen molar-refractivity contribution in [3.8, 4) is 0 Å². The molecule has 1 saturated heterocycles. The molecule has 0 spiro atoms. The van der Waals surface area contributed by atoms with Gasteiger partial charge < -0.3 is 14.1 Å². The van der Waals surface area contributed by atoms with Crippen LogP contribution in [0.1, 0.15) is 33.9 Å². The number of H-pyrrole nitrogens is 1. The summed E-state index contributed by atoms with van der Waals surface area (Å²) >= 11 is 0. The van der Waals surface area contributed by atoms with Gasteiger partial charge in [0.25, 0.3) is 5.56 Å². The van der Waals surface area contributed by atoms with E-state index < -0.39 is 22.6 Å². The van der Waals surface area contributed by atoms with Crippen LogP contribution in [-0.2, 0) is 18.3 Å². The summed E-state index contributed by atoms with van der Waals surface area (Å²) in [5.74, 6) is -0.0106. The first kappa shape index (κ1) is 22.2. The number of hydrogen-bond acceptors (Lipinski definition) is 7. The minimum absolute atomic E-state index is 0.0106. The van der Waals surface area contributed by atoms with E-state index in [4.69, 9.17) is 13.7 Å². The summed E-state index contributed by atoms with van der Waals surface area (Å²) < 4.78 is 31.6. The highest BCUT2D eigenvalue weighted by Crippen LogP contribution is 2.44. The highest BCUT2D eigenvalue weighted by Gasteiger charge is 2.50. The number of hydrogen-bond donors (Lipinski definition) is 1. The fourth-order valence-electron chi connectivity index (χ4n) is 3.18. The van der Waals surface area contributed by atoms with E-state index >= 15 is 0 Å². The van der Waals surface area contributed by atoms with Crippen molar-refractivity contribution in [3.63, 3.8) is 0 Å². The fourth-order valence-corrected chi connectivity index (χ4v) is 4.90. The van der Waals surface area contributed by atoms with Gasteiger partial charge in [0.2, 0.25) is 0 Å². The van der Waals surface area contributed by atoms with Crippen LogP contribution in [0.25, 0.3) is 11.2 Å². The molecule has 0 bridgehead atoms. The third-order valence-corrected chi connectivity index (χ3v) is 11.0. The van der Waals surface area contributed by atoms with E-state index in [1.807, 2.05) is 6.92 Å². The van der Waals surface area contributed by atoms with Gasteiger partial charge in [0.05, 0.1) is 24.9 Å². The van der Waals surface area contributed by atoms with E-state index in [0.29, 0.717) is 5.65 Å². The number of aromatic nitrogens is 4. The lowest BCUT2D eigenvalue weighted by molar-refractivity contribution is -0.0426. The SMILES string of the molecule is C[C@H]1[C@@H](O[Si](C)(C)C(C)(C)C)[C@H](n2cnc3c(=O)[nH]cnc32)O[C@@H]1CO[P+](C)=O. The normalized spacial score (nSPS) is 26.2. The summed E-state index contributed by atoms with van der Waals surface area (Å²) in [7, 11) is -3.85. The van der Waals surface area contributed by atoms with Gasteiger partial charge in [0, 0.05) is 5.92 Å². The largest absolute Gasteiger partial charge is 0.504 e. The van der Waals surface area contributed by atoms with E-state index in [2.05, 4.69) is 48.8 Å². The number of nitrogens with one attached hydrogen (secondary N) is 1. The van der Waals surface area contributed by atoms with E-state index in [-0.39, 0.29) is 40.8 Å². The van der Waals surface area contributed by atoms with Crippen LogP contribution in [0.15, 0.2) is 17.4 Å². The maximum Gasteiger partial charge on any atom is 0.504 e. The van der Waals surface area contributed by atoms with Gasteiger partial charge in [-0.1, -0.05) is 27.7 Å². The minimum atomic E-state index is -2.12. The van der Waals surface area contributed by atoms with Crippen LogP contribution in [0.2, 0.25) is 18.1 Å². The zero-order valence-electron chi connectivity index (χ0n) is 18.0. The lowest BCUT2D eigenvalue weighted by atomic mass is 10.0. The van der Waals surface area contributed by atoms with E-state index in [1.165, 1.54) is 13.0 Å². The van der Waals surface area contributed by atoms with Gasteiger partial charge in [-0.2, -0.15) is 0 Å². The van der Waals surface area contributed by atoms with Crippen molar-refractivity contribution in [2.24, 2.45) is 5.92 Å². The van der Waals surface area contributed by atoms with E-state index in [9.17, 15) is 9.36 Å².